The molecule has 6 rings (SSSR count). The van der Waals surface area contributed by atoms with Crippen molar-refractivity contribution in [2.24, 2.45) is 5.92 Å². The van der Waals surface area contributed by atoms with E-state index in [1.807, 2.05) is 0 Å². The first-order chi connectivity index (χ1) is 21.6. The van der Waals surface area contributed by atoms with Gasteiger partial charge in [-0.3, -0.25) is 19.1 Å². The smallest absolute Gasteiger partial charge is 0.358 e. The van der Waals surface area contributed by atoms with Gasteiger partial charge >= 0.3 is 12.5 Å². The SMILES string of the molecule is C[C@@H]1CCC[C@H](n2cnc(-c3cc(Cl)ccc3-n3cc(C(=O)O)nn3)cc2=O)c2cc(ccn2)-c2c(cnn2C(F)F)NC1=O. The Kier molecular flexibility index (Phi) is 7.93. The number of aromatic carboxylic acids is 1. The second-order valence-electron chi connectivity index (χ2n) is 10.5. The highest BCUT2D eigenvalue weighted by Crippen LogP contribution is 2.35. The maximum absolute atomic E-state index is 13.9. The number of carbonyl (C=O) groups is 2. The van der Waals surface area contributed by atoms with E-state index in [4.69, 9.17) is 11.6 Å². The molecule has 230 valence electrons. The molecule has 2 bridgehead atoms. The summed E-state index contributed by atoms with van der Waals surface area (Å²) >= 11 is 6.27. The van der Waals surface area contributed by atoms with Crippen LogP contribution in [0, 0.1) is 5.92 Å². The normalized spacial score (nSPS) is 16.9. The maximum Gasteiger partial charge on any atom is 0.358 e. The van der Waals surface area contributed by atoms with Gasteiger partial charge in [0.1, 0.15) is 0 Å². The number of pyridine rings is 1. The number of aromatic nitrogens is 8. The number of alkyl halides is 2. The van der Waals surface area contributed by atoms with E-state index >= 15 is 0 Å². The number of carbonyl (C=O) groups excluding carboxylic acids is 1. The summed E-state index contributed by atoms with van der Waals surface area (Å²) in [6.45, 7) is -1.22. The van der Waals surface area contributed by atoms with E-state index in [9.17, 15) is 28.3 Å². The van der Waals surface area contributed by atoms with Gasteiger partial charge in [0.05, 0.1) is 53.2 Å². The Bertz CT molecular complexity index is 1990. The van der Waals surface area contributed by atoms with E-state index in [0.717, 1.165) is 0 Å². The average Bonchev–Trinajstić information content (AvgIpc) is 3.67. The van der Waals surface area contributed by atoms with Crippen LogP contribution in [-0.4, -0.2) is 56.3 Å². The first-order valence-corrected chi connectivity index (χ1v) is 14.2. The molecule has 1 aromatic carbocycles. The number of hydrogen-bond acceptors (Lipinski definition) is 8. The van der Waals surface area contributed by atoms with Gasteiger partial charge < -0.3 is 10.4 Å². The van der Waals surface area contributed by atoms with Crippen molar-refractivity contribution in [2.45, 2.75) is 38.8 Å². The summed E-state index contributed by atoms with van der Waals surface area (Å²) in [5.74, 6) is -2.03. The fourth-order valence-corrected chi connectivity index (χ4v) is 5.46. The Morgan fingerprint density at radius 2 is 1.96 bits per heavy atom. The van der Waals surface area contributed by atoms with Gasteiger partial charge in [0.25, 0.3) is 5.56 Å². The molecule has 0 saturated heterocycles. The minimum Gasteiger partial charge on any atom is -0.476 e. The number of carboxylic acid groups (broad SMARTS) is 1. The Morgan fingerprint density at radius 1 is 1.13 bits per heavy atom. The van der Waals surface area contributed by atoms with Crippen LogP contribution < -0.4 is 10.9 Å². The van der Waals surface area contributed by atoms with Gasteiger partial charge in [-0.1, -0.05) is 30.2 Å². The summed E-state index contributed by atoms with van der Waals surface area (Å²) in [4.78, 5) is 47.0. The molecule has 1 aliphatic heterocycles. The summed E-state index contributed by atoms with van der Waals surface area (Å²) in [5, 5.41) is 23.7. The monoisotopic (exact) mass is 635 g/mol. The quantitative estimate of drug-likeness (QED) is 0.275. The Hall–Kier alpha value is -5.31. The molecule has 16 heteroatoms. The molecule has 4 aromatic heterocycles. The predicted octanol–water partition coefficient (Wildman–Crippen LogP) is 4.84. The van der Waals surface area contributed by atoms with Crippen LogP contribution in [0.3, 0.4) is 0 Å². The van der Waals surface area contributed by atoms with Gasteiger partial charge in [0.15, 0.2) is 5.69 Å². The van der Waals surface area contributed by atoms with Crippen LogP contribution in [0.5, 0.6) is 0 Å². The molecule has 0 spiro atoms. The van der Waals surface area contributed by atoms with Gasteiger partial charge in [0.2, 0.25) is 5.91 Å². The minimum atomic E-state index is -2.97. The summed E-state index contributed by atoms with van der Waals surface area (Å²) < 4.78 is 31.0. The van der Waals surface area contributed by atoms with Crippen molar-refractivity contribution in [1.29, 1.82) is 0 Å². The number of amides is 1. The van der Waals surface area contributed by atoms with Crippen molar-refractivity contribution in [3.63, 3.8) is 0 Å². The molecule has 0 aliphatic carbocycles. The Labute approximate surface area is 258 Å². The zero-order valence-electron chi connectivity index (χ0n) is 23.5. The van der Waals surface area contributed by atoms with Crippen LogP contribution in [0.4, 0.5) is 14.5 Å². The van der Waals surface area contributed by atoms with Gasteiger partial charge in [0, 0.05) is 34.3 Å². The van der Waals surface area contributed by atoms with E-state index in [1.165, 1.54) is 46.3 Å². The molecule has 0 unspecified atom stereocenters. The molecule has 0 fully saturated rings. The fraction of sp³-hybridized carbons (Fsp3) is 0.241. The van der Waals surface area contributed by atoms with Crippen LogP contribution >= 0.6 is 11.6 Å². The highest BCUT2D eigenvalue weighted by molar-refractivity contribution is 6.31. The van der Waals surface area contributed by atoms with Crippen molar-refractivity contribution < 1.29 is 23.5 Å². The number of hydrogen-bond donors (Lipinski definition) is 2. The van der Waals surface area contributed by atoms with Gasteiger partial charge in [-0.2, -0.15) is 13.9 Å². The molecule has 2 N–H and O–H groups in total. The molecule has 45 heavy (non-hydrogen) atoms. The molecule has 2 atom stereocenters. The van der Waals surface area contributed by atoms with Crippen molar-refractivity contribution in [3.05, 3.63) is 88.1 Å². The van der Waals surface area contributed by atoms with E-state index in [0.29, 0.717) is 51.5 Å². The highest BCUT2D eigenvalue weighted by Gasteiger charge is 2.26. The standard InChI is InChI=1S/C29H24ClF2N9O4/c1-15-3-2-4-24(20-9-16(7-8-33-20)26-21(36-27(15)43)12-35-41(26)29(31)32)39-14-34-19(11-25(39)42)18-10-17(30)5-6-23(18)40-13-22(28(44)45)37-38-40/h5-15,24,29H,2-4H2,1H3,(H,36,43)(H,44,45)/t15-,24+/m1/s1. The summed E-state index contributed by atoms with van der Waals surface area (Å²) in [6.07, 6.45) is 6.63. The van der Waals surface area contributed by atoms with E-state index in [2.05, 4.69) is 30.7 Å². The number of nitrogens with zero attached hydrogens (tertiary/aromatic N) is 8. The van der Waals surface area contributed by atoms with Crippen LogP contribution in [0.25, 0.3) is 28.2 Å². The third kappa shape index (κ3) is 5.81. The van der Waals surface area contributed by atoms with Gasteiger partial charge in [-0.15, -0.1) is 5.10 Å². The third-order valence-electron chi connectivity index (χ3n) is 7.56. The molecular weight excluding hydrogens is 612 g/mol. The van der Waals surface area contributed by atoms with Crippen molar-refractivity contribution in [1.82, 2.24) is 39.3 Å². The summed E-state index contributed by atoms with van der Waals surface area (Å²) in [7, 11) is 0. The van der Waals surface area contributed by atoms with Crippen molar-refractivity contribution in [3.8, 4) is 28.2 Å². The zero-order chi connectivity index (χ0) is 31.8. The molecule has 13 nitrogen and oxygen atoms in total. The second kappa shape index (κ2) is 12.0. The van der Waals surface area contributed by atoms with Crippen LogP contribution in [0.15, 0.2) is 66.1 Å². The van der Waals surface area contributed by atoms with E-state index < -0.39 is 30.0 Å². The van der Waals surface area contributed by atoms with Gasteiger partial charge in [-0.25, -0.2) is 19.1 Å². The molecule has 1 aliphatic rings. The summed E-state index contributed by atoms with van der Waals surface area (Å²) in [5.41, 5.74) is 1.25. The molecule has 0 radical (unpaired) electrons. The lowest BCUT2D eigenvalue weighted by molar-refractivity contribution is -0.119. The van der Waals surface area contributed by atoms with E-state index in [1.54, 1.807) is 31.2 Å². The second-order valence-corrected chi connectivity index (χ2v) is 10.9. The maximum atomic E-state index is 13.9. The Morgan fingerprint density at radius 3 is 2.69 bits per heavy atom. The minimum absolute atomic E-state index is 0.0157. The van der Waals surface area contributed by atoms with Crippen molar-refractivity contribution in [2.75, 3.05) is 5.32 Å². The topological polar surface area (TPSA) is 163 Å². The third-order valence-corrected chi connectivity index (χ3v) is 7.80. The number of nitrogens with one attached hydrogen (secondary N) is 1. The average molecular weight is 636 g/mol. The number of carboxylic acids is 1. The number of fused-ring (bicyclic) bond motifs is 4. The first-order valence-electron chi connectivity index (χ1n) is 13.8. The van der Waals surface area contributed by atoms with Crippen LogP contribution in [0.1, 0.15) is 55.0 Å². The largest absolute Gasteiger partial charge is 0.476 e. The first kappa shape index (κ1) is 29.7. The lowest BCUT2D eigenvalue weighted by Crippen LogP contribution is -2.27. The number of benzene rings is 1. The molecule has 0 saturated carbocycles. The van der Waals surface area contributed by atoms with Crippen LogP contribution in [0.2, 0.25) is 5.02 Å². The van der Waals surface area contributed by atoms with E-state index in [-0.39, 0.29) is 28.7 Å². The fourth-order valence-electron chi connectivity index (χ4n) is 5.29. The lowest BCUT2D eigenvalue weighted by Gasteiger charge is -2.22. The molecule has 1 amide bonds. The predicted molar refractivity (Wildman–Crippen MR) is 157 cm³/mol. The molecule has 5 aromatic rings. The summed E-state index contributed by atoms with van der Waals surface area (Å²) in [6, 6.07) is 8.55. The van der Waals surface area contributed by atoms with Crippen LogP contribution in [-0.2, 0) is 4.79 Å². The number of halogens is 3. The molecular formula is C29H24ClF2N9O4. The van der Waals surface area contributed by atoms with Gasteiger partial charge in [-0.05, 0) is 43.2 Å². The zero-order valence-corrected chi connectivity index (χ0v) is 24.3. The highest BCUT2D eigenvalue weighted by atomic mass is 35.5. The van der Waals surface area contributed by atoms with Crippen molar-refractivity contribution >= 4 is 29.2 Å². The lowest BCUT2D eigenvalue weighted by atomic mass is 9.97. The molecule has 5 heterocycles. The number of anilines is 1. The number of rotatable bonds is 5. The Balaban J connectivity index is 1.44.